The molecule has 14 nitrogen and oxygen atoms in total. The Bertz CT molecular complexity index is 2030. The predicted molar refractivity (Wildman–Crippen MR) is 193 cm³/mol. The Morgan fingerprint density at radius 1 is 0.686 bits per heavy atom. The number of sulfonamides is 2. The van der Waals surface area contributed by atoms with Gasteiger partial charge in [-0.25, -0.2) is 35.4 Å². The zero-order valence-corrected chi connectivity index (χ0v) is 30.8. The number of ether oxygens (including phenoxy) is 1. The van der Waals surface area contributed by atoms with Gasteiger partial charge in [0.1, 0.15) is 17.7 Å². The van der Waals surface area contributed by atoms with Gasteiger partial charge >= 0.3 is 6.01 Å². The molecule has 0 aliphatic carbocycles. The van der Waals surface area contributed by atoms with Gasteiger partial charge in [0.05, 0.1) is 29.0 Å². The van der Waals surface area contributed by atoms with Gasteiger partial charge in [-0.15, -0.1) is 0 Å². The molecule has 51 heavy (non-hydrogen) atoms. The van der Waals surface area contributed by atoms with E-state index in [-0.39, 0.29) is 42.4 Å². The molecule has 1 N–H and O–H groups in total. The summed E-state index contributed by atoms with van der Waals surface area (Å²) in [4.78, 5) is 21.3. The average molecular weight is 757 g/mol. The van der Waals surface area contributed by atoms with Crippen LogP contribution in [-0.4, -0.2) is 104 Å². The van der Waals surface area contributed by atoms with Crippen molar-refractivity contribution in [3.8, 4) is 6.01 Å². The summed E-state index contributed by atoms with van der Waals surface area (Å²) >= 11 is 5.68. The maximum atomic E-state index is 12.7. The van der Waals surface area contributed by atoms with Crippen LogP contribution in [0.2, 0.25) is 5.28 Å². The van der Waals surface area contributed by atoms with E-state index in [2.05, 4.69) is 43.8 Å². The number of halogens is 1. The molecule has 4 aromatic rings. The minimum absolute atomic E-state index is 0.0220. The van der Waals surface area contributed by atoms with Crippen molar-refractivity contribution in [1.82, 2.24) is 29.7 Å². The summed E-state index contributed by atoms with van der Waals surface area (Å²) in [5, 5.41) is 9.03. The van der Waals surface area contributed by atoms with Crippen LogP contribution < -0.4 is 13.3 Å². The molecule has 0 atom stereocenters. The first-order valence-electron chi connectivity index (χ1n) is 16.7. The molecule has 6 heterocycles. The van der Waals surface area contributed by atoms with Crippen LogP contribution in [0.25, 0.3) is 0 Å². The van der Waals surface area contributed by atoms with Gasteiger partial charge in [-0.05, 0) is 74.6 Å². The van der Waals surface area contributed by atoms with Crippen molar-refractivity contribution in [2.75, 3.05) is 48.9 Å². The number of aromatic nitrogens is 4. The van der Waals surface area contributed by atoms with Crippen molar-refractivity contribution in [1.29, 1.82) is 0 Å². The van der Waals surface area contributed by atoms with E-state index in [4.69, 9.17) is 21.4 Å². The second-order valence-electron chi connectivity index (χ2n) is 12.8. The Hall–Kier alpha value is -3.93. The lowest BCUT2D eigenvalue weighted by atomic mass is 10.1. The summed E-state index contributed by atoms with van der Waals surface area (Å²) in [5.74, 6) is 0.625. The highest BCUT2D eigenvalue weighted by molar-refractivity contribution is 7.93. The number of hydrogen-bond donors (Lipinski definition) is 1. The zero-order chi connectivity index (χ0) is 36.2. The van der Waals surface area contributed by atoms with Crippen LogP contribution in [0, 0.1) is 0 Å². The lowest BCUT2D eigenvalue weighted by Crippen LogP contribution is -2.36. The standard InChI is InChI=1S/C17H20N4O3S.C11H8ClN3O2S.C6H13NO/c1-20-10-7-14(8-11-20)24-17-18-9-6-16(19-17)21-12-13-4-2-3-5-15(13)25(21,22)23;12-11-13-6-5-10(14-11)15-7-8-3-1-2-4-9(8)18(15,16)17;1-7-4-2-6(8)3-5-7/h2-6,9,14H,7-8,10-12H2,1H3;1-6H,7H2;6,8H,2-5H2,1H3. The fraction of sp³-hybridized carbons (Fsp3) is 0.412. The molecule has 4 aliphatic heterocycles. The molecule has 0 saturated carbocycles. The molecule has 0 radical (unpaired) electrons. The number of fused-ring (bicyclic) bond motifs is 2. The zero-order valence-electron chi connectivity index (χ0n) is 28.4. The van der Waals surface area contributed by atoms with Gasteiger partial charge < -0.3 is 19.6 Å². The third kappa shape index (κ3) is 8.59. The van der Waals surface area contributed by atoms with Crippen molar-refractivity contribution >= 4 is 43.3 Å². The van der Waals surface area contributed by atoms with E-state index in [1.54, 1.807) is 42.6 Å². The molecule has 0 unspecified atom stereocenters. The molecule has 17 heteroatoms. The van der Waals surface area contributed by atoms with Crippen LogP contribution in [-0.2, 0) is 33.1 Å². The van der Waals surface area contributed by atoms with Crippen molar-refractivity contribution in [3.05, 3.63) is 89.5 Å². The molecular weight excluding hydrogens is 716 g/mol. The number of hydrogen-bond acceptors (Lipinski definition) is 12. The van der Waals surface area contributed by atoms with E-state index in [1.165, 1.54) is 20.9 Å². The van der Waals surface area contributed by atoms with Gasteiger partial charge in [0, 0.05) is 50.7 Å². The second kappa shape index (κ2) is 15.8. The quantitative estimate of drug-likeness (QED) is 0.302. The third-order valence-electron chi connectivity index (χ3n) is 9.08. The molecular formula is C34H41ClN8O6S2. The summed E-state index contributed by atoms with van der Waals surface area (Å²) < 4.78 is 58.5. The second-order valence-corrected chi connectivity index (χ2v) is 16.8. The van der Waals surface area contributed by atoms with Crippen LogP contribution in [0.3, 0.4) is 0 Å². The lowest BCUT2D eigenvalue weighted by molar-refractivity contribution is 0.0942. The van der Waals surface area contributed by atoms with Crippen molar-refractivity contribution in [2.45, 2.75) is 60.8 Å². The van der Waals surface area contributed by atoms with Gasteiger partial charge in [0.15, 0.2) is 0 Å². The topological polar surface area (TPSA) is 162 Å². The molecule has 2 fully saturated rings. The van der Waals surface area contributed by atoms with Crippen molar-refractivity contribution in [3.63, 3.8) is 0 Å². The highest BCUT2D eigenvalue weighted by Crippen LogP contribution is 2.35. The number of aliphatic hydroxyl groups excluding tert-OH is 1. The molecule has 0 bridgehead atoms. The largest absolute Gasteiger partial charge is 0.460 e. The number of likely N-dealkylation sites (tertiary alicyclic amines) is 2. The number of piperidine rings is 2. The van der Waals surface area contributed by atoms with E-state index in [0.29, 0.717) is 15.6 Å². The van der Waals surface area contributed by atoms with E-state index in [1.807, 2.05) is 18.2 Å². The van der Waals surface area contributed by atoms with E-state index in [0.717, 1.165) is 63.0 Å². The monoisotopic (exact) mass is 756 g/mol. The molecule has 2 aromatic heterocycles. The minimum atomic E-state index is -3.58. The maximum absolute atomic E-state index is 12.7. The maximum Gasteiger partial charge on any atom is 0.318 e. The molecule has 0 amide bonds. The van der Waals surface area contributed by atoms with Crippen LogP contribution in [0.4, 0.5) is 11.6 Å². The average Bonchev–Trinajstić information content (AvgIpc) is 3.56. The van der Waals surface area contributed by atoms with Crippen molar-refractivity contribution in [2.24, 2.45) is 0 Å². The molecule has 8 rings (SSSR count). The Morgan fingerprint density at radius 3 is 1.65 bits per heavy atom. The summed E-state index contributed by atoms with van der Waals surface area (Å²) in [5.41, 5.74) is 1.53. The number of benzene rings is 2. The molecule has 0 spiro atoms. The fourth-order valence-corrected chi connectivity index (χ4v) is 9.50. The SMILES string of the molecule is CN1CCC(O)CC1.CN1CCC(Oc2nccc(N3Cc4ccccc4S3(=O)=O)n2)CC1.O=S1(=O)c2ccccc2CN1c1ccnc(Cl)n1. The van der Waals surface area contributed by atoms with Crippen molar-refractivity contribution < 1.29 is 26.7 Å². The van der Waals surface area contributed by atoms with Gasteiger partial charge in [0.25, 0.3) is 20.0 Å². The predicted octanol–water partition coefficient (Wildman–Crippen LogP) is 3.57. The molecule has 2 saturated heterocycles. The first-order valence-corrected chi connectivity index (χ1v) is 19.9. The Balaban J connectivity index is 0.000000150. The normalized spacial score (nSPS) is 20.0. The van der Waals surface area contributed by atoms with Crippen LogP contribution >= 0.6 is 11.6 Å². The van der Waals surface area contributed by atoms with Gasteiger partial charge in [-0.2, -0.15) is 9.97 Å². The lowest BCUT2D eigenvalue weighted by Gasteiger charge is -2.28. The summed E-state index contributed by atoms with van der Waals surface area (Å²) in [6.07, 6.45) is 6.76. The molecule has 2 aromatic carbocycles. The van der Waals surface area contributed by atoms with Crippen LogP contribution in [0.15, 0.2) is 82.8 Å². The molecule has 272 valence electrons. The number of nitrogens with zero attached hydrogens (tertiary/aromatic N) is 8. The Morgan fingerprint density at radius 2 is 1.16 bits per heavy atom. The van der Waals surface area contributed by atoms with E-state index >= 15 is 0 Å². The van der Waals surface area contributed by atoms with E-state index in [9.17, 15) is 16.8 Å². The van der Waals surface area contributed by atoms with E-state index < -0.39 is 20.0 Å². The van der Waals surface area contributed by atoms with Gasteiger partial charge in [-0.1, -0.05) is 36.4 Å². The van der Waals surface area contributed by atoms with Crippen LogP contribution in [0.5, 0.6) is 6.01 Å². The Kier molecular flexibility index (Phi) is 11.4. The fourth-order valence-electron chi connectivity index (χ4n) is 6.14. The highest BCUT2D eigenvalue weighted by atomic mass is 35.5. The summed E-state index contributed by atoms with van der Waals surface area (Å²) in [6, 6.07) is 17.3. The van der Waals surface area contributed by atoms with Gasteiger partial charge in [-0.3, -0.25) is 0 Å². The van der Waals surface area contributed by atoms with Gasteiger partial charge in [0.2, 0.25) is 5.28 Å². The number of rotatable bonds is 4. The number of anilines is 2. The first kappa shape index (κ1) is 36.8. The highest BCUT2D eigenvalue weighted by Gasteiger charge is 2.36. The summed E-state index contributed by atoms with van der Waals surface area (Å²) in [7, 11) is -2.93. The van der Waals surface area contributed by atoms with Crippen LogP contribution in [0.1, 0.15) is 36.8 Å². The minimum Gasteiger partial charge on any atom is -0.460 e. The number of aliphatic hydroxyl groups is 1. The smallest absolute Gasteiger partial charge is 0.318 e. The summed E-state index contributed by atoms with van der Waals surface area (Å²) in [6.45, 7) is 4.61. The third-order valence-corrected chi connectivity index (χ3v) is 13.0. The Labute approximate surface area is 303 Å². The first-order chi connectivity index (χ1) is 24.4. The molecule has 4 aliphatic rings.